The minimum atomic E-state index is 0.108. The number of phenols is 1. The van der Waals surface area contributed by atoms with Gasteiger partial charge in [-0.3, -0.25) is 0 Å². The monoisotopic (exact) mass is 387 g/mol. The highest BCUT2D eigenvalue weighted by atomic mass is 35.5. The van der Waals surface area contributed by atoms with Crippen molar-refractivity contribution < 1.29 is 9.84 Å². The number of aromatic hydroxyl groups is 1. The molecule has 0 atom stereocenters. The molecule has 27 heavy (non-hydrogen) atoms. The Morgan fingerprint density at radius 3 is 2.85 bits per heavy atom. The molecule has 0 unspecified atom stereocenters. The lowest BCUT2D eigenvalue weighted by atomic mass is 9.95. The Morgan fingerprint density at radius 1 is 1.26 bits per heavy atom. The van der Waals surface area contributed by atoms with Crippen LogP contribution in [0, 0.1) is 0 Å². The number of phenolic OH excluding ortho intramolecular Hbond substituents is 1. The second-order valence-electron chi connectivity index (χ2n) is 6.78. The van der Waals surface area contributed by atoms with Crippen molar-refractivity contribution in [1.82, 2.24) is 19.5 Å². The van der Waals surface area contributed by atoms with E-state index in [-0.39, 0.29) is 11.0 Å². The van der Waals surface area contributed by atoms with Crippen molar-refractivity contribution in [3.8, 4) is 11.5 Å². The predicted molar refractivity (Wildman–Crippen MR) is 104 cm³/mol. The second-order valence-corrected chi connectivity index (χ2v) is 7.12. The number of hydrogen-bond acceptors (Lipinski definition) is 6. The van der Waals surface area contributed by atoms with Gasteiger partial charge in [0.05, 0.1) is 13.4 Å². The molecule has 2 N–H and O–H groups in total. The molecule has 142 valence electrons. The zero-order valence-corrected chi connectivity index (χ0v) is 15.9. The Morgan fingerprint density at radius 2 is 2.07 bits per heavy atom. The van der Waals surface area contributed by atoms with E-state index in [0.717, 1.165) is 18.5 Å². The van der Waals surface area contributed by atoms with Gasteiger partial charge in [0, 0.05) is 18.2 Å². The Kier molecular flexibility index (Phi) is 5.03. The number of aromatic nitrogens is 4. The minimum absolute atomic E-state index is 0.108. The number of imidazole rings is 1. The number of methoxy groups -OCH3 is 1. The van der Waals surface area contributed by atoms with Crippen molar-refractivity contribution in [3.05, 3.63) is 35.4 Å². The van der Waals surface area contributed by atoms with Crippen molar-refractivity contribution in [3.63, 3.8) is 0 Å². The first-order valence-electron chi connectivity index (χ1n) is 9.16. The van der Waals surface area contributed by atoms with E-state index < -0.39 is 0 Å². The van der Waals surface area contributed by atoms with E-state index in [4.69, 9.17) is 16.3 Å². The molecule has 0 bridgehead atoms. The lowest BCUT2D eigenvalue weighted by Gasteiger charge is -2.23. The maximum atomic E-state index is 10.3. The molecule has 4 rings (SSSR count). The first-order chi connectivity index (χ1) is 13.2. The molecule has 0 amide bonds. The maximum Gasteiger partial charge on any atom is 0.226 e. The van der Waals surface area contributed by atoms with Gasteiger partial charge in [-0.05, 0) is 30.5 Å². The smallest absolute Gasteiger partial charge is 0.226 e. The number of fused-ring (bicyclic) bond motifs is 1. The van der Waals surface area contributed by atoms with E-state index in [9.17, 15) is 5.11 Å². The van der Waals surface area contributed by atoms with Crippen molar-refractivity contribution >= 4 is 28.6 Å². The average Bonchev–Trinajstić information content (AvgIpc) is 3.11. The average molecular weight is 388 g/mol. The fourth-order valence-corrected chi connectivity index (χ4v) is 3.86. The van der Waals surface area contributed by atoms with Gasteiger partial charge in [-0.25, -0.2) is 4.98 Å². The van der Waals surface area contributed by atoms with E-state index in [1.807, 2.05) is 18.5 Å². The van der Waals surface area contributed by atoms with Crippen LogP contribution in [-0.2, 0) is 6.54 Å². The molecule has 0 aliphatic heterocycles. The number of nitrogens with one attached hydrogen (secondary N) is 1. The molecule has 0 spiro atoms. The van der Waals surface area contributed by atoms with Crippen LogP contribution >= 0.6 is 11.6 Å². The summed E-state index contributed by atoms with van der Waals surface area (Å²) in [7, 11) is 1.53. The summed E-state index contributed by atoms with van der Waals surface area (Å²) in [5, 5.41) is 13.7. The summed E-state index contributed by atoms with van der Waals surface area (Å²) in [4.78, 5) is 13.3. The van der Waals surface area contributed by atoms with Crippen molar-refractivity contribution in [1.29, 1.82) is 0 Å². The molecule has 8 heteroatoms. The van der Waals surface area contributed by atoms with Gasteiger partial charge < -0.3 is 19.7 Å². The number of para-hydroxylation sites is 1. The Balaban J connectivity index is 1.63. The summed E-state index contributed by atoms with van der Waals surface area (Å²) in [6, 6.07) is 5.77. The SMILES string of the molecule is COc1cccc(CNc2nc(Cl)nc3c2ncn3C2CCCCC2)c1O. The van der Waals surface area contributed by atoms with Gasteiger partial charge in [-0.1, -0.05) is 31.4 Å². The summed E-state index contributed by atoms with van der Waals surface area (Å²) >= 11 is 6.18. The zero-order valence-electron chi connectivity index (χ0n) is 15.2. The summed E-state index contributed by atoms with van der Waals surface area (Å²) in [6.07, 6.45) is 7.84. The quantitative estimate of drug-likeness (QED) is 0.634. The normalized spacial score (nSPS) is 15.2. The zero-order chi connectivity index (χ0) is 18.8. The first-order valence-corrected chi connectivity index (χ1v) is 9.54. The van der Waals surface area contributed by atoms with Crippen LogP contribution in [0.1, 0.15) is 43.7 Å². The molecule has 0 radical (unpaired) electrons. The van der Waals surface area contributed by atoms with Gasteiger partial charge in [0.2, 0.25) is 5.28 Å². The van der Waals surface area contributed by atoms with E-state index >= 15 is 0 Å². The standard InChI is InChI=1S/C19H22ClN5O2/c1-27-14-9-5-6-12(16(14)26)10-21-17-15-18(24-19(20)23-17)25(11-22-15)13-7-3-2-4-8-13/h5-6,9,11,13,26H,2-4,7-8,10H2,1H3,(H,21,23,24). The molecular formula is C19H22ClN5O2. The number of anilines is 1. The van der Waals surface area contributed by atoms with Gasteiger partial charge in [0.25, 0.3) is 0 Å². The van der Waals surface area contributed by atoms with Gasteiger partial charge in [-0.15, -0.1) is 0 Å². The highest BCUT2D eigenvalue weighted by Crippen LogP contribution is 2.33. The third kappa shape index (κ3) is 3.51. The molecule has 1 saturated carbocycles. The van der Waals surface area contributed by atoms with E-state index in [1.165, 1.54) is 26.4 Å². The third-order valence-corrected chi connectivity index (χ3v) is 5.28. The summed E-state index contributed by atoms with van der Waals surface area (Å²) < 4.78 is 7.28. The van der Waals surface area contributed by atoms with Crippen molar-refractivity contribution in [2.75, 3.05) is 12.4 Å². The fourth-order valence-electron chi connectivity index (χ4n) is 3.69. The molecule has 1 aliphatic rings. The molecule has 1 aliphatic carbocycles. The number of halogens is 1. The molecule has 2 aromatic heterocycles. The van der Waals surface area contributed by atoms with Crippen molar-refractivity contribution in [2.24, 2.45) is 0 Å². The van der Waals surface area contributed by atoms with Crippen LogP contribution in [0.2, 0.25) is 5.28 Å². The Bertz CT molecular complexity index is 953. The first kappa shape index (κ1) is 17.9. The molecule has 1 fully saturated rings. The predicted octanol–water partition coefficient (Wildman–Crippen LogP) is 4.31. The third-order valence-electron chi connectivity index (χ3n) is 5.11. The van der Waals surface area contributed by atoms with Crippen LogP contribution in [0.25, 0.3) is 11.2 Å². The second kappa shape index (κ2) is 7.60. The van der Waals surface area contributed by atoms with E-state index in [1.54, 1.807) is 6.07 Å². The number of nitrogens with zero attached hydrogens (tertiary/aromatic N) is 4. The van der Waals surface area contributed by atoms with Crippen LogP contribution in [0.3, 0.4) is 0 Å². The number of ether oxygens (including phenoxy) is 1. The lowest BCUT2D eigenvalue weighted by molar-refractivity contribution is 0.358. The minimum Gasteiger partial charge on any atom is -0.504 e. The maximum absolute atomic E-state index is 10.3. The summed E-state index contributed by atoms with van der Waals surface area (Å²) in [5.41, 5.74) is 2.13. The highest BCUT2D eigenvalue weighted by molar-refractivity contribution is 6.28. The van der Waals surface area contributed by atoms with E-state index in [2.05, 4.69) is 24.8 Å². The Hall–Kier alpha value is -2.54. The molecular weight excluding hydrogens is 366 g/mol. The van der Waals surface area contributed by atoms with Gasteiger partial charge in [-0.2, -0.15) is 9.97 Å². The van der Waals surface area contributed by atoms with Crippen molar-refractivity contribution in [2.45, 2.75) is 44.7 Å². The number of rotatable bonds is 5. The lowest BCUT2D eigenvalue weighted by Crippen LogP contribution is -2.12. The molecule has 7 nitrogen and oxygen atoms in total. The fraction of sp³-hybridized carbons (Fsp3) is 0.421. The molecule has 0 saturated heterocycles. The van der Waals surface area contributed by atoms with Crippen LogP contribution in [0.15, 0.2) is 24.5 Å². The highest BCUT2D eigenvalue weighted by Gasteiger charge is 2.20. The van der Waals surface area contributed by atoms with Gasteiger partial charge >= 0.3 is 0 Å². The molecule has 3 aromatic rings. The van der Waals surface area contributed by atoms with Gasteiger partial charge in [0.1, 0.15) is 0 Å². The van der Waals surface area contributed by atoms with Crippen LogP contribution in [0.5, 0.6) is 11.5 Å². The van der Waals surface area contributed by atoms with Crippen LogP contribution in [0.4, 0.5) is 5.82 Å². The molecule has 2 heterocycles. The topological polar surface area (TPSA) is 85.1 Å². The van der Waals surface area contributed by atoms with Crippen LogP contribution < -0.4 is 10.1 Å². The number of benzene rings is 1. The molecule has 1 aromatic carbocycles. The Labute approximate surface area is 162 Å². The summed E-state index contributed by atoms with van der Waals surface area (Å²) in [6.45, 7) is 0.363. The summed E-state index contributed by atoms with van der Waals surface area (Å²) in [5.74, 6) is 1.10. The van der Waals surface area contributed by atoms with Gasteiger partial charge in [0.15, 0.2) is 28.5 Å². The number of hydrogen-bond donors (Lipinski definition) is 2. The van der Waals surface area contributed by atoms with Crippen LogP contribution in [-0.4, -0.2) is 31.7 Å². The largest absolute Gasteiger partial charge is 0.504 e. The van der Waals surface area contributed by atoms with E-state index in [0.29, 0.717) is 35.2 Å².